The molecule has 25 heavy (non-hydrogen) atoms. The summed E-state index contributed by atoms with van der Waals surface area (Å²) in [6, 6.07) is 13.4. The van der Waals surface area contributed by atoms with Gasteiger partial charge in [-0.05, 0) is 37.3 Å². The molecule has 2 aromatic carbocycles. The first-order valence-corrected chi connectivity index (χ1v) is 8.34. The molecule has 1 aliphatic heterocycles. The average Bonchev–Trinajstić information content (AvgIpc) is 3.00. The van der Waals surface area contributed by atoms with Crippen molar-refractivity contribution < 1.29 is 9.21 Å². The fourth-order valence-electron chi connectivity index (χ4n) is 3.27. The highest BCUT2D eigenvalue weighted by Crippen LogP contribution is 2.22. The summed E-state index contributed by atoms with van der Waals surface area (Å²) < 4.78 is 5.03. The van der Waals surface area contributed by atoms with Gasteiger partial charge in [-0.3, -0.25) is 9.78 Å². The maximum atomic E-state index is 12.6. The molecule has 1 aromatic heterocycles. The lowest BCUT2D eigenvalue weighted by Gasteiger charge is -2.36. The van der Waals surface area contributed by atoms with E-state index in [-0.39, 0.29) is 5.91 Å². The molecule has 0 atom stereocenters. The Balaban J connectivity index is 1.46. The highest BCUT2D eigenvalue weighted by atomic mass is 16.4. The molecule has 3 aromatic rings. The third-order valence-electron chi connectivity index (χ3n) is 4.60. The molecular weight excluding hydrogens is 318 g/mol. The molecule has 1 N–H and O–H groups in total. The van der Waals surface area contributed by atoms with Crippen molar-refractivity contribution in [1.82, 2.24) is 9.88 Å². The fraction of sp³-hybridized carbons (Fsp3) is 0.263. The number of benzene rings is 2. The highest BCUT2D eigenvalue weighted by molar-refractivity contribution is 5.94. The summed E-state index contributed by atoms with van der Waals surface area (Å²) in [5.74, 6) is -0.362. The zero-order valence-corrected chi connectivity index (χ0v) is 14.0. The number of hydrogen-bond donors (Lipinski definition) is 1. The standard InChI is InChI=1S/C19H19N3O3/c1-13-3-2-4-14(11-13)18(23)22-9-7-21(8-10-22)15-5-6-17-16(12-15)20-19(24)25-17/h2-6,11-12H,7-10H2,1H3,(H,20,24). The molecule has 1 aliphatic rings. The number of aromatic amines is 1. The van der Waals surface area contributed by atoms with E-state index in [1.165, 1.54) is 0 Å². The van der Waals surface area contributed by atoms with Crippen LogP contribution in [0.15, 0.2) is 51.7 Å². The van der Waals surface area contributed by atoms with Crippen LogP contribution in [-0.2, 0) is 0 Å². The number of nitrogens with one attached hydrogen (secondary N) is 1. The maximum absolute atomic E-state index is 12.6. The molecule has 0 bridgehead atoms. The SMILES string of the molecule is Cc1cccc(C(=O)N2CCN(c3ccc4oc(=O)[nH]c4c3)CC2)c1. The Morgan fingerprint density at radius 2 is 1.88 bits per heavy atom. The summed E-state index contributed by atoms with van der Waals surface area (Å²) in [5.41, 5.74) is 4.10. The number of anilines is 1. The number of amides is 1. The molecular formula is C19H19N3O3. The second kappa shape index (κ2) is 6.12. The molecule has 6 nitrogen and oxygen atoms in total. The highest BCUT2D eigenvalue weighted by Gasteiger charge is 2.22. The summed E-state index contributed by atoms with van der Waals surface area (Å²) >= 11 is 0. The molecule has 0 aliphatic carbocycles. The van der Waals surface area contributed by atoms with Crippen LogP contribution in [0.4, 0.5) is 5.69 Å². The minimum Gasteiger partial charge on any atom is -0.408 e. The molecule has 0 spiro atoms. The molecule has 128 valence electrons. The van der Waals surface area contributed by atoms with E-state index in [4.69, 9.17) is 4.42 Å². The molecule has 2 heterocycles. The molecule has 1 fully saturated rings. The van der Waals surface area contributed by atoms with Crippen LogP contribution < -0.4 is 10.7 Å². The van der Waals surface area contributed by atoms with E-state index in [2.05, 4.69) is 9.88 Å². The van der Waals surface area contributed by atoms with E-state index in [0.717, 1.165) is 29.9 Å². The predicted octanol–water partition coefficient (Wildman–Crippen LogP) is 2.39. The van der Waals surface area contributed by atoms with Gasteiger partial charge in [0.1, 0.15) is 0 Å². The number of H-pyrrole nitrogens is 1. The van der Waals surface area contributed by atoms with Gasteiger partial charge in [0, 0.05) is 37.4 Å². The van der Waals surface area contributed by atoms with Gasteiger partial charge in [0.2, 0.25) is 0 Å². The molecule has 4 rings (SSSR count). The average molecular weight is 337 g/mol. The van der Waals surface area contributed by atoms with Gasteiger partial charge in [-0.25, -0.2) is 4.79 Å². The number of oxazole rings is 1. The van der Waals surface area contributed by atoms with E-state index >= 15 is 0 Å². The van der Waals surface area contributed by atoms with Crippen molar-refractivity contribution in [2.24, 2.45) is 0 Å². The van der Waals surface area contributed by atoms with Crippen LogP contribution in [0.5, 0.6) is 0 Å². The van der Waals surface area contributed by atoms with Crippen LogP contribution in [0.3, 0.4) is 0 Å². The fourth-order valence-corrected chi connectivity index (χ4v) is 3.27. The number of aryl methyl sites for hydroxylation is 1. The Kier molecular flexibility index (Phi) is 3.80. The number of piperazine rings is 1. The first kappa shape index (κ1) is 15.5. The Morgan fingerprint density at radius 3 is 2.64 bits per heavy atom. The lowest BCUT2D eigenvalue weighted by atomic mass is 10.1. The van der Waals surface area contributed by atoms with Crippen LogP contribution in [0, 0.1) is 6.92 Å². The van der Waals surface area contributed by atoms with E-state index in [1.807, 2.05) is 48.2 Å². The lowest BCUT2D eigenvalue weighted by Crippen LogP contribution is -2.48. The third-order valence-corrected chi connectivity index (χ3v) is 4.60. The van der Waals surface area contributed by atoms with Crippen LogP contribution in [0.1, 0.15) is 15.9 Å². The minimum atomic E-state index is -0.444. The van der Waals surface area contributed by atoms with Gasteiger partial charge in [-0.2, -0.15) is 0 Å². The topological polar surface area (TPSA) is 69.6 Å². The van der Waals surface area contributed by atoms with Crippen LogP contribution >= 0.6 is 0 Å². The summed E-state index contributed by atoms with van der Waals surface area (Å²) in [6.07, 6.45) is 0. The quantitative estimate of drug-likeness (QED) is 0.779. The number of carbonyl (C=O) groups excluding carboxylic acids is 1. The molecule has 0 saturated carbocycles. The first-order valence-electron chi connectivity index (χ1n) is 8.34. The Bertz CT molecular complexity index is 981. The summed E-state index contributed by atoms with van der Waals surface area (Å²) in [6.45, 7) is 4.85. The number of aromatic nitrogens is 1. The Labute approximate surface area is 144 Å². The predicted molar refractivity (Wildman–Crippen MR) is 96.1 cm³/mol. The van der Waals surface area contributed by atoms with Crippen molar-refractivity contribution in [1.29, 1.82) is 0 Å². The summed E-state index contributed by atoms with van der Waals surface area (Å²) in [7, 11) is 0. The largest absolute Gasteiger partial charge is 0.417 e. The van der Waals surface area contributed by atoms with Crippen LogP contribution in [-0.4, -0.2) is 42.0 Å². The van der Waals surface area contributed by atoms with Gasteiger partial charge >= 0.3 is 5.76 Å². The second-order valence-electron chi connectivity index (χ2n) is 6.34. The first-order chi connectivity index (χ1) is 12.1. The zero-order chi connectivity index (χ0) is 17.4. The van der Waals surface area contributed by atoms with Gasteiger partial charge in [0.25, 0.3) is 5.91 Å². The molecule has 0 radical (unpaired) electrons. The van der Waals surface area contributed by atoms with Crippen molar-refractivity contribution in [3.05, 3.63) is 64.1 Å². The normalized spacial score (nSPS) is 14.9. The van der Waals surface area contributed by atoms with Crippen molar-refractivity contribution in [2.75, 3.05) is 31.1 Å². The van der Waals surface area contributed by atoms with Crippen molar-refractivity contribution in [3.63, 3.8) is 0 Å². The Morgan fingerprint density at radius 1 is 1.08 bits per heavy atom. The third kappa shape index (κ3) is 3.03. The Hall–Kier alpha value is -3.02. The lowest BCUT2D eigenvalue weighted by molar-refractivity contribution is 0.0746. The minimum absolute atomic E-state index is 0.0815. The number of fused-ring (bicyclic) bond motifs is 1. The molecule has 6 heteroatoms. The van der Waals surface area contributed by atoms with Crippen molar-refractivity contribution >= 4 is 22.7 Å². The monoisotopic (exact) mass is 337 g/mol. The molecule has 1 saturated heterocycles. The number of carbonyl (C=O) groups is 1. The maximum Gasteiger partial charge on any atom is 0.417 e. The molecule has 0 unspecified atom stereocenters. The van der Waals surface area contributed by atoms with E-state index in [9.17, 15) is 9.59 Å². The van der Waals surface area contributed by atoms with E-state index < -0.39 is 5.76 Å². The summed E-state index contributed by atoms with van der Waals surface area (Å²) in [5, 5.41) is 0. The van der Waals surface area contributed by atoms with E-state index in [1.54, 1.807) is 6.07 Å². The van der Waals surface area contributed by atoms with Crippen molar-refractivity contribution in [2.45, 2.75) is 6.92 Å². The zero-order valence-electron chi connectivity index (χ0n) is 14.0. The number of nitrogens with zero attached hydrogens (tertiary/aromatic N) is 2. The number of rotatable bonds is 2. The van der Waals surface area contributed by atoms with Crippen molar-refractivity contribution in [3.8, 4) is 0 Å². The van der Waals surface area contributed by atoms with Gasteiger partial charge in [0.05, 0.1) is 5.52 Å². The van der Waals surface area contributed by atoms with Gasteiger partial charge in [-0.1, -0.05) is 17.7 Å². The number of hydrogen-bond acceptors (Lipinski definition) is 4. The smallest absolute Gasteiger partial charge is 0.408 e. The van der Waals surface area contributed by atoms with Gasteiger partial charge in [-0.15, -0.1) is 0 Å². The second-order valence-corrected chi connectivity index (χ2v) is 6.34. The van der Waals surface area contributed by atoms with E-state index in [0.29, 0.717) is 24.2 Å². The van der Waals surface area contributed by atoms with Gasteiger partial charge in [0.15, 0.2) is 5.58 Å². The molecule has 1 amide bonds. The van der Waals surface area contributed by atoms with Crippen LogP contribution in [0.2, 0.25) is 0 Å². The van der Waals surface area contributed by atoms with Gasteiger partial charge < -0.3 is 14.2 Å². The summed E-state index contributed by atoms with van der Waals surface area (Å²) in [4.78, 5) is 30.7. The van der Waals surface area contributed by atoms with Crippen LogP contribution in [0.25, 0.3) is 11.1 Å².